The van der Waals surface area contributed by atoms with Crippen LogP contribution in [0.4, 0.5) is 10.1 Å². The average molecular weight is 582 g/mol. The number of carbonyl (C=O) groups excluding carboxylic acids is 2. The highest BCUT2D eigenvalue weighted by Gasteiger charge is 2.21. The maximum Gasteiger partial charge on any atom is 0.251 e. The van der Waals surface area contributed by atoms with Gasteiger partial charge in [-0.05, 0) is 48.5 Å². The number of benzene rings is 3. The zero-order valence-electron chi connectivity index (χ0n) is 22.8. The van der Waals surface area contributed by atoms with Crippen LogP contribution in [0.2, 0.25) is 0 Å². The summed E-state index contributed by atoms with van der Waals surface area (Å²) >= 11 is 1.15. The first kappa shape index (κ1) is 29.2. The van der Waals surface area contributed by atoms with Crippen molar-refractivity contribution < 1.29 is 32.9 Å². The van der Waals surface area contributed by atoms with Crippen LogP contribution >= 0.6 is 11.8 Å². The molecule has 214 valence electrons. The molecule has 11 nitrogen and oxygen atoms in total. The second kappa shape index (κ2) is 13.5. The van der Waals surface area contributed by atoms with Gasteiger partial charge in [0.2, 0.25) is 11.7 Å². The lowest BCUT2D eigenvalue weighted by molar-refractivity contribution is -0.113. The quantitative estimate of drug-likeness (QED) is 0.238. The molecule has 4 rings (SSSR count). The molecule has 0 aliphatic carbocycles. The van der Waals surface area contributed by atoms with Gasteiger partial charge >= 0.3 is 0 Å². The van der Waals surface area contributed by atoms with Crippen LogP contribution in [0.15, 0.2) is 65.8 Å². The standard InChI is InChI=1S/C28H28FN5O6S/c1-37-21-8-6-5-7-20(21)34-24(15-30-27(36)17-13-22(38-2)26(40-4)23(14-17)39-3)32-33-28(34)41-16-25(35)31-19-11-9-18(29)10-12-19/h5-14H,15-16H2,1-4H3,(H,30,36)(H,31,35). The number of halogens is 1. The molecule has 0 fully saturated rings. The number of thioether (sulfide) groups is 1. The first-order chi connectivity index (χ1) is 19.9. The Labute approximate surface area is 240 Å². The summed E-state index contributed by atoms with van der Waals surface area (Å²) in [5.41, 5.74) is 1.38. The van der Waals surface area contributed by atoms with Crippen LogP contribution in [0, 0.1) is 5.82 Å². The fraction of sp³-hybridized carbons (Fsp3) is 0.214. The third kappa shape index (κ3) is 6.87. The predicted molar refractivity (Wildman–Crippen MR) is 151 cm³/mol. The first-order valence-electron chi connectivity index (χ1n) is 12.2. The highest BCUT2D eigenvalue weighted by atomic mass is 32.2. The molecule has 13 heteroatoms. The van der Waals surface area contributed by atoms with Crippen LogP contribution in [0.25, 0.3) is 5.69 Å². The lowest BCUT2D eigenvalue weighted by Crippen LogP contribution is -2.25. The first-order valence-corrected chi connectivity index (χ1v) is 13.2. The normalized spacial score (nSPS) is 10.6. The number of hydrogen-bond acceptors (Lipinski definition) is 9. The van der Waals surface area contributed by atoms with E-state index in [0.717, 1.165) is 11.8 Å². The molecule has 3 aromatic carbocycles. The maximum atomic E-state index is 13.2. The molecular formula is C28H28FN5O6S. The topological polar surface area (TPSA) is 126 Å². The number of para-hydroxylation sites is 2. The number of nitrogens with zero attached hydrogens (tertiary/aromatic N) is 3. The van der Waals surface area contributed by atoms with Crippen LogP contribution in [0.3, 0.4) is 0 Å². The van der Waals surface area contributed by atoms with Gasteiger partial charge in [0.15, 0.2) is 22.5 Å². The largest absolute Gasteiger partial charge is 0.495 e. The number of carbonyl (C=O) groups is 2. The predicted octanol–water partition coefficient (Wildman–Crippen LogP) is 4.10. The molecule has 0 saturated carbocycles. The van der Waals surface area contributed by atoms with Gasteiger partial charge in [0.25, 0.3) is 5.91 Å². The van der Waals surface area contributed by atoms with Gasteiger partial charge in [0.1, 0.15) is 11.6 Å². The van der Waals surface area contributed by atoms with Crippen molar-refractivity contribution in [3.63, 3.8) is 0 Å². The van der Waals surface area contributed by atoms with Crippen molar-refractivity contribution in [3.05, 3.63) is 77.9 Å². The summed E-state index contributed by atoms with van der Waals surface area (Å²) in [5, 5.41) is 14.5. The van der Waals surface area contributed by atoms with E-state index in [2.05, 4.69) is 20.8 Å². The average Bonchev–Trinajstić information content (AvgIpc) is 3.41. The van der Waals surface area contributed by atoms with Crippen molar-refractivity contribution in [2.45, 2.75) is 11.7 Å². The Hall–Kier alpha value is -4.78. The molecule has 2 N–H and O–H groups in total. The summed E-state index contributed by atoms with van der Waals surface area (Å²) in [4.78, 5) is 25.7. The van der Waals surface area contributed by atoms with E-state index in [1.165, 1.54) is 52.7 Å². The van der Waals surface area contributed by atoms with Crippen LogP contribution in [-0.2, 0) is 11.3 Å². The van der Waals surface area contributed by atoms with Crippen molar-refractivity contribution in [2.24, 2.45) is 0 Å². The Balaban J connectivity index is 1.56. The van der Waals surface area contributed by atoms with Gasteiger partial charge in [-0.2, -0.15) is 0 Å². The minimum Gasteiger partial charge on any atom is -0.495 e. The molecule has 0 atom stereocenters. The van der Waals surface area contributed by atoms with E-state index in [1.54, 1.807) is 22.8 Å². The van der Waals surface area contributed by atoms with E-state index < -0.39 is 11.7 Å². The number of rotatable bonds is 12. The van der Waals surface area contributed by atoms with E-state index in [-0.39, 0.29) is 23.8 Å². The van der Waals surface area contributed by atoms with Gasteiger partial charge in [-0.25, -0.2) is 4.39 Å². The van der Waals surface area contributed by atoms with E-state index in [0.29, 0.717) is 45.4 Å². The molecule has 0 bridgehead atoms. The zero-order valence-corrected chi connectivity index (χ0v) is 23.6. The zero-order chi connectivity index (χ0) is 29.4. The number of hydrogen-bond donors (Lipinski definition) is 2. The summed E-state index contributed by atoms with van der Waals surface area (Å²) < 4.78 is 36.5. The van der Waals surface area contributed by atoms with Crippen molar-refractivity contribution in [3.8, 4) is 28.7 Å². The van der Waals surface area contributed by atoms with Gasteiger partial charge < -0.3 is 29.6 Å². The van der Waals surface area contributed by atoms with Crippen LogP contribution < -0.4 is 29.6 Å². The number of aromatic nitrogens is 3. The Morgan fingerprint density at radius 2 is 1.54 bits per heavy atom. The van der Waals surface area contributed by atoms with Crippen LogP contribution in [-0.4, -0.2) is 60.8 Å². The van der Waals surface area contributed by atoms with Crippen molar-refractivity contribution in [1.82, 2.24) is 20.1 Å². The molecule has 2 amide bonds. The molecule has 0 unspecified atom stereocenters. The Bertz CT molecular complexity index is 1500. The summed E-state index contributed by atoms with van der Waals surface area (Å²) in [6, 6.07) is 15.8. The molecule has 0 aliphatic heterocycles. The molecule has 41 heavy (non-hydrogen) atoms. The summed E-state index contributed by atoms with van der Waals surface area (Å²) in [6.45, 7) is 0.00286. The molecule has 0 spiro atoms. The lowest BCUT2D eigenvalue weighted by Gasteiger charge is -2.15. The monoisotopic (exact) mass is 581 g/mol. The smallest absolute Gasteiger partial charge is 0.251 e. The minimum atomic E-state index is -0.410. The van der Waals surface area contributed by atoms with Crippen LogP contribution in [0.1, 0.15) is 16.2 Å². The van der Waals surface area contributed by atoms with Crippen molar-refractivity contribution in [1.29, 1.82) is 0 Å². The fourth-order valence-electron chi connectivity index (χ4n) is 3.90. The Morgan fingerprint density at radius 1 is 0.878 bits per heavy atom. The van der Waals surface area contributed by atoms with Crippen LogP contribution in [0.5, 0.6) is 23.0 Å². The summed E-state index contributed by atoms with van der Waals surface area (Å²) in [5.74, 6) is 0.875. The van der Waals surface area contributed by atoms with Gasteiger partial charge in [-0.1, -0.05) is 23.9 Å². The number of methoxy groups -OCH3 is 4. The Morgan fingerprint density at radius 3 is 2.17 bits per heavy atom. The minimum absolute atomic E-state index is 0.00244. The molecule has 0 saturated heterocycles. The molecule has 0 aliphatic rings. The number of ether oxygens (including phenoxy) is 4. The highest BCUT2D eigenvalue weighted by Crippen LogP contribution is 2.38. The van der Waals surface area contributed by atoms with Crippen molar-refractivity contribution >= 4 is 29.3 Å². The lowest BCUT2D eigenvalue weighted by atomic mass is 10.1. The van der Waals surface area contributed by atoms with Crippen molar-refractivity contribution in [2.75, 3.05) is 39.5 Å². The van der Waals surface area contributed by atoms with E-state index in [9.17, 15) is 14.0 Å². The summed E-state index contributed by atoms with van der Waals surface area (Å²) in [7, 11) is 5.95. The van der Waals surface area contributed by atoms with Gasteiger partial charge in [-0.3, -0.25) is 14.2 Å². The molecule has 0 radical (unpaired) electrons. The Kier molecular flexibility index (Phi) is 9.64. The third-order valence-electron chi connectivity index (χ3n) is 5.82. The molecule has 4 aromatic rings. The summed E-state index contributed by atoms with van der Waals surface area (Å²) in [6.07, 6.45) is 0. The van der Waals surface area contributed by atoms with Gasteiger partial charge in [0, 0.05) is 11.3 Å². The molecular weight excluding hydrogens is 553 g/mol. The highest BCUT2D eigenvalue weighted by molar-refractivity contribution is 7.99. The van der Waals surface area contributed by atoms with E-state index in [4.69, 9.17) is 18.9 Å². The maximum absolute atomic E-state index is 13.2. The molecule has 1 aromatic heterocycles. The second-order valence-electron chi connectivity index (χ2n) is 8.35. The van der Waals surface area contributed by atoms with E-state index in [1.807, 2.05) is 18.2 Å². The fourth-order valence-corrected chi connectivity index (χ4v) is 4.66. The number of amides is 2. The SMILES string of the molecule is COc1ccccc1-n1c(CNC(=O)c2cc(OC)c(OC)c(OC)c2)nnc1SCC(=O)Nc1ccc(F)cc1. The molecule has 1 heterocycles. The second-order valence-corrected chi connectivity index (χ2v) is 9.29. The third-order valence-corrected chi connectivity index (χ3v) is 6.75. The van der Waals surface area contributed by atoms with E-state index >= 15 is 0 Å². The number of nitrogens with one attached hydrogen (secondary N) is 2. The van der Waals surface area contributed by atoms with Gasteiger partial charge in [0.05, 0.1) is 46.4 Å². The van der Waals surface area contributed by atoms with Gasteiger partial charge in [-0.15, -0.1) is 10.2 Å². The number of anilines is 1.